The molecule has 0 saturated carbocycles. The first-order valence-corrected chi connectivity index (χ1v) is 10.2. The summed E-state index contributed by atoms with van der Waals surface area (Å²) in [4.78, 5) is 12.6. The van der Waals surface area contributed by atoms with Crippen LogP contribution in [0.3, 0.4) is 0 Å². The number of carbonyl (C=O) groups is 1. The lowest BCUT2D eigenvalue weighted by Gasteiger charge is -2.33. The molecule has 1 aromatic heterocycles. The quantitative estimate of drug-likeness (QED) is 0.549. The number of alkyl halides is 3. The van der Waals surface area contributed by atoms with Gasteiger partial charge in [0.15, 0.2) is 11.7 Å². The number of carbonyl (C=O) groups excluding carboxylic acids is 1. The van der Waals surface area contributed by atoms with Crippen molar-refractivity contribution >= 4 is 23.3 Å². The number of nitrogens with one attached hydrogen (secondary N) is 2. The lowest BCUT2D eigenvalue weighted by atomic mass is 9.97. The second kappa shape index (κ2) is 8.74. The zero-order valence-electron chi connectivity index (χ0n) is 17.0. The van der Waals surface area contributed by atoms with E-state index in [1.54, 1.807) is 48.5 Å². The summed E-state index contributed by atoms with van der Waals surface area (Å²) in [6, 6.07) is 12.7. The normalized spacial score (nSPS) is 17.9. The van der Waals surface area contributed by atoms with Crippen molar-refractivity contribution in [3.63, 3.8) is 0 Å². The summed E-state index contributed by atoms with van der Waals surface area (Å²) in [7, 11) is 1.52. The van der Waals surface area contributed by atoms with Gasteiger partial charge in [-0.05, 0) is 29.3 Å². The third-order valence-corrected chi connectivity index (χ3v) is 5.71. The molecule has 0 aliphatic carbocycles. The van der Waals surface area contributed by atoms with Gasteiger partial charge in [0.25, 0.3) is 5.91 Å². The molecule has 0 bridgehead atoms. The van der Waals surface area contributed by atoms with E-state index < -0.39 is 24.2 Å². The van der Waals surface area contributed by atoms with Crippen molar-refractivity contribution in [1.29, 1.82) is 0 Å². The highest BCUT2D eigenvalue weighted by Crippen LogP contribution is 2.43. The van der Waals surface area contributed by atoms with Gasteiger partial charge in [-0.2, -0.15) is 18.3 Å². The van der Waals surface area contributed by atoms with Gasteiger partial charge in [-0.25, -0.2) is 4.68 Å². The number of aromatic nitrogens is 2. The molecule has 0 unspecified atom stereocenters. The minimum absolute atomic E-state index is 0.107. The monoisotopic (exact) mass is 464 g/mol. The van der Waals surface area contributed by atoms with Gasteiger partial charge in [0, 0.05) is 24.1 Å². The molecule has 0 fully saturated rings. The summed E-state index contributed by atoms with van der Waals surface area (Å²) in [6.07, 6.45) is -4.79. The number of benzene rings is 2. The third-order valence-electron chi connectivity index (χ3n) is 5.34. The molecular formula is C22H20ClF3N4O2. The van der Waals surface area contributed by atoms with Crippen molar-refractivity contribution < 1.29 is 22.7 Å². The predicted octanol–water partition coefficient (Wildman–Crippen LogP) is 5.14. The second-order valence-electron chi connectivity index (χ2n) is 7.40. The molecule has 0 spiro atoms. The van der Waals surface area contributed by atoms with E-state index in [-0.39, 0.29) is 24.5 Å². The third kappa shape index (κ3) is 4.52. The molecule has 1 amide bonds. The molecule has 3 aromatic rings. The summed E-state index contributed by atoms with van der Waals surface area (Å²) in [5.41, 5.74) is 1.26. The van der Waals surface area contributed by atoms with Crippen LogP contribution >= 0.6 is 11.6 Å². The van der Waals surface area contributed by atoms with E-state index in [9.17, 15) is 18.0 Å². The summed E-state index contributed by atoms with van der Waals surface area (Å²) < 4.78 is 47.4. The molecule has 1 aliphatic heterocycles. The van der Waals surface area contributed by atoms with Crippen molar-refractivity contribution in [3.8, 4) is 5.75 Å². The molecule has 1 aliphatic rings. The van der Waals surface area contributed by atoms with E-state index in [4.69, 9.17) is 16.3 Å². The highest BCUT2D eigenvalue weighted by molar-refractivity contribution is 6.31. The Kier molecular flexibility index (Phi) is 6.01. The van der Waals surface area contributed by atoms with E-state index >= 15 is 0 Å². The average molecular weight is 465 g/mol. The number of rotatable bonds is 5. The van der Waals surface area contributed by atoms with Crippen LogP contribution in [-0.4, -0.2) is 29.0 Å². The highest BCUT2D eigenvalue weighted by atomic mass is 35.5. The van der Waals surface area contributed by atoms with E-state index in [1.807, 2.05) is 0 Å². The minimum Gasteiger partial charge on any atom is -0.497 e. The van der Waals surface area contributed by atoms with Gasteiger partial charge in [0.05, 0.1) is 13.2 Å². The Hall–Kier alpha value is -3.20. The van der Waals surface area contributed by atoms with Crippen molar-refractivity contribution in [2.75, 3.05) is 12.4 Å². The number of halogens is 4. The number of amides is 1. The fourth-order valence-corrected chi connectivity index (χ4v) is 3.85. The Bertz CT molecular complexity index is 1120. The fraction of sp³-hybridized carbons (Fsp3) is 0.273. The smallest absolute Gasteiger partial charge is 0.410 e. The van der Waals surface area contributed by atoms with E-state index in [0.29, 0.717) is 21.9 Å². The lowest BCUT2D eigenvalue weighted by molar-refractivity contribution is -0.173. The Morgan fingerprint density at radius 3 is 2.62 bits per heavy atom. The summed E-state index contributed by atoms with van der Waals surface area (Å²) >= 11 is 6.08. The summed E-state index contributed by atoms with van der Waals surface area (Å²) in [6.45, 7) is 0.130. The van der Waals surface area contributed by atoms with Crippen LogP contribution in [0.25, 0.3) is 0 Å². The van der Waals surface area contributed by atoms with Gasteiger partial charge in [-0.3, -0.25) is 4.79 Å². The molecule has 10 heteroatoms. The molecular weight excluding hydrogens is 445 g/mol. The zero-order chi connectivity index (χ0) is 22.9. The van der Waals surface area contributed by atoms with Gasteiger partial charge in [-0.15, -0.1) is 0 Å². The molecule has 6 nitrogen and oxygen atoms in total. The first-order chi connectivity index (χ1) is 15.3. The van der Waals surface area contributed by atoms with Crippen molar-refractivity contribution in [3.05, 3.63) is 76.4 Å². The largest absolute Gasteiger partial charge is 0.497 e. The number of anilines is 1. The van der Waals surface area contributed by atoms with E-state index in [1.165, 1.54) is 13.2 Å². The Labute approximate surface area is 187 Å². The van der Waals surface area contributed by atoms with Crippen molar-refractivity contribution in [1.82, 2.24) is 15.1 Å². The Morgan fingerprint density at radius 1 is 1.25 bits per heavy atom. The van der Waals surface area contributed by atoms with Crippen LogP contribution < -0.4 is 15.4 Å². The van der Waals surface area contributed by atoms with Crippen molar-refractivity contribution in [2.45, 2.75) is 31.2 Å². The molecule has 2 N–H and O–H groups in total. The maximum atomic E-state index is 13.8. The topological polar surface area (TPSA) is 68.2 Å². The van der Waals surface area contributed by atoms with Crippen LogP contribution in [0.15, 0.2) is 54.6 Å². The molecule has 2 atom stereocenters. The van der Waals surface area contributed by atoms with Crippen LogP contribution in [0, 0.1) is 0 Å². The van der Waals surface area contributed by atoms with Crippen LogP contribution in [0.2, 0.25) is 5.02 Å². The maximum Gasteiger partial charge on any atom is 0.410 e. The lowest BCUT2D eigenvalue weighted by Crippen LogP contribution is -2.35. The van der Waals surface area contributed by atoms with Gasteiger partial charge < -0.3 is 15.4 Å². The average Bonchev–Trinajstić information content (AvgIpc) is 3.21. The summed E-state index contributed by atoms with van der Waals surface area (Å²) in [5.74, 6) is 0.150. The van der Waals surface area contributed by atoms with Crippen LogP contribution in [-0.2, 0) is 6.54 Å². The number of fused-ring (bicyclic) bond motifs is 1. The number of nitrogens with zero attached hydrogens (tertiary/aromatic N) is 2. The predicted molar refractivity (Wildman–Crippen MR) is 114 cm³/mol. The number of hydrogen-bond donors (Lipinski definition) is 2. The molecule has 4 rings (SSSR count). The van der Waals surface area contributed by atoms with Crippen LogP contribution in [0.5, 0.6) is 5.75 Å². The highest BCUT2D eigenvalue weighted by Gasteiger charge is 2.46. The first-order valence-electron chi connectivity index (χ1n) is 9.84. The van der Waals surface area contributed by atoms with Gasteiger partial charge in [0.1, 0.15) is 11.6 Å². The SMILES string of the molecule is COc1ccc([C@H]2C[C@@H](C(F)(F)F)n3nc(C(=O)NCc4ccccc4Cl)cc3N2)cc1. The van der Waals surface area contributed by atoms with Crippen LogP contribution in [0.1, 0.15) is 40.1 Å². The number of hydrogen-bond acceptors (Lipinski definition) is 4. The van der Waals surface area contributed by atoms with Gasteiger partial charge in [0.2, 0.25) is 0 Å². The van der Waals surface area contributed by atoms with E-state index in [2.05, 4.69) is 15.7 Å². The first kappa shape index (κ1) is 22.0. The molecule has 2 heterocycles. The number of methoxy groups -OCH3 is 1. The van der Waals surface area contributed by atoms with Crippen LogP contribution in [0.4, 0.5) is 19.0 Å². The fourth-order valence-electron chi connectivity index (χ4n) is 3.65. The maximum absolute atomic E-state index is 13.8. The van der Waals surface area contributed by atoms with E-state index in [0.717, 1.165) is 4.68 Å². The molecule has 0 saturated heterocycles. The zero-order valence-corrected chi connectivity index (χ0v) is 17.7. The second-order valence-corrected chi connectivity index (χ2v) is 7.80. The minimum atomic E-state index is -4.53. The summed E-state index contributed by atoms with van der Waals surface area (Å²) in [5, 5.41) is 10.2. The van der Waals surface area contributed by atoms with Gasteiger partial charge >= 0.3 is 6.18 Å². The molecule has 0 radical (unpaired) electrons. The van der Waals surface area contributed by atoms with Gasteiger partial charge in [-0.1, -0.05) is 41.9 Å². The number of ether oxygens (including phenoxy) is 1. The van der Waals surface area contributed by atoms with Crippen molar-refractivity contribution in [2.24, 2.45) is 0 Å². The Morgan fingerprint density at radius 2 is 1.97 bits per heavy atom. The molecule has 32 heavy (non-hydrogen) atoms. The molecule has 2 aromatic carbocycles. The molecule has 168 valence electrons. The Balaban J connectivity index is 1.57. The standard InChI is InChI=1S/C22H20ClF3N4O2/c1-32-15-8-6-13(7-9-15)17-10-19(22(24,25)26)30-20(28-17)11-18(29-30)21(31)27-12-14-4-2-3-5-16(14)23/h2-9,11,17,19,28H,10,12H2,1H3,(H,27,31)/t17-,19+/m1/s1.